The van der Waals surface area contributed by atoms with Crippen molar-refractivity contribution in [2.24, 2.45) is 0 Å². The second kappa shape index (κ2) is 2.39. The van der Waals surface area contributed by atoms with E-state index < -0.39 is 14.4 Å². The van der Waals surface area contributed by atoms with Gasteiger partial charge in [0.2, 0.25) is 8.03 Å². The molecule has 0 spiro atoms. The highest BCUT2D eigenvalue weighted by molar-refractivity contribution is 7.37. The molecule has 0 aliphatic carbocycles. The smallest absolute Gasteiger partial charge is 0.213 e. The van der Waals surface area contributed by atoms with Gasteiger partial charge in [-0.1, -0.05) is 0 Å². The third kappa shape index (κ3) is 4.15. The molecule has 0 saturated heterocycles. The Morgan fingerprint density at radius 1 is 1.80 bits per heavy atom. The van der Waals surface area contributed by atoms with Crippen LogP contribution in [0, 0.1) is 0 Å². The van der Waals surface area contributed by atoms with E-state index in [2.05, 4.69) is 0 Å². The van der Waals surface area contributed by atoms with Gasteiger partial charge in [-0.25, -0.2) is 0 Å². The van der Waals surface area contributed by atoms with Gasteiger partial charge in [-0.2, -0.15) is 0 Å². The lowest BCUT2D eigenvalue weighted by Crippen LogP contribution is -1.64. The molecule has 0 aliphatic heterocycles. The first-order valence-corrected chi connectivity index (χ1v) is 2.66. The molecule has 2 N–H and O–H groups in total. The molecule has 0 amide bonds. The second-order valence-corrected chi connectivity index (χ2v) is 1.66. The molecule has 1 unspecified atom stereocenters. The lowest BCUT2D eigenvalue weighted by atomic mass is 11.7. The van der Waals surface area contributed by atoms with Gasteiger partial charge in [0.25, 0.3) is 0 Å². The number of aliphatic hydroxyl groups excluding tert-OH is 1. The zero-order chi connectivity index (χ0) is 4.28. The molecule has 32 valence electrons. The van der Waals surface area contributed by atoms with Crippen LogP contribution in [0.15, 0.2) is 0 Å². The van der Waals surface area contributed by atoms with Crippen LogP contribution in [0.2, 0.25) is 0 Å². The summed E-state index contributed by atoms with van der Waals surface area (Å²) in [5, 5.41) is 7.63. The maximum absolute atomic E-state index is 9.30. The fraction of sp³-hybridized carbons (Fsp3) is 1.00. The Bertz CT molecular complexity index is 42.2. The monoisotopic (exact) mass is 96.0 g/mol. The summed E-state index contributed by atoms with van der Waals surface area (Å²) in [5.74, 6) is 0. The van der Waals surface area contributed by atoms with Gasteiger partial charge in [-0.15, -0.1) is 0 Å². The summed E-state index contributed by atoms with van der Waals surface area (Å²) in [7, 11) is -2.57. The van der Waals surface area contributed by atoms with Crippen LogP contribution < -0.4 is 0 Å². The molecule has 0 heterocycles. The summed E-state index contributed by atoms with van der Waals surface area (Å²) < 4.78 is 9.30. The van der Waals surface area contributed by atoms with Crippen LogP contribution in [0.4, 0.5) is 0 Å². The van der Waals surface area contributed by atoms with E-state index in [4.69, 9.17) is 10.00 Å². The predicted octanol–water partition coefficient (Wildman–Crippen LogP) is -0.597. The van der Waals surface area contributed by atoms with Gasteiger partial charge in [0.15, 0.2) is 0 Å². The molecule has 0 radical (unpaired) electrons. The van der Waals surface area contributed by atoms with Crippen LogP contribution >= 0.6 is 8.03 Å². The van der Waals surface area contributed by atoms with Crippen molar-refractivity contribution >= 4 is 8.03 Å². The molecule has 0 aromatic carbocycles. The Morgan fingerprint density at radius 3 is 2.00 bits per heavy atom. The van der Waals surface area contributed by atoms with Gasteiger partial charge in [0.05, 0.1) is 0 Å². The molecule has 0 bridgehead atoms. The Morgan fingerprint density at radius 2 is 2.00 bits per heavy atom. The topological polar surface area (TPSA) is 57.5 Å². The van der Waals surface area contributed by atoms with Crippen molar-refractivity contribution in [1.82, 2.24) is 0 Å². The van der Waals surface area contributed by atoms with Gasteiger partial charge in [0, 0.05) is 0 Å². The summed E-state index contributed by atoms with van der Waals surface area (Å²) in [5.41, 5.74) is 0. The number of hydrogen-bond donors (Lipinski definition) is 2. The van der Waals surface area contributed by atoms with E-state index in [9.17, 15) is 4.57 Å². The molecule has 0 aliphatic rings. The number of rotatable bonds is 1. The predicted molar refractivity (Wildman–Crippen MR) is 18.3 cm³/mol. The Hall–Kier alpha value is 0.150. The first-order chi connectivity index (χ1) is 2.27. The molecular weight excluding hydrogens is 91.0 g/mol. The summed E-state index contributed by atoms with van der Waals surface area (Å²) in [4.78, 5) is 7.66. The van der Waals surface area contributed by atoms with Crippen LogP contribution in [0.1, 0.15) is 0 Å². The third-order valence-corrected chi connectivity index (χ3v) is 0.406. The molecule has 0 rings (SSSR count). The van der Waals surface area contributed by atoms with E-state index >= 15 is 0 Å². The molecular formula is CH5O3P. The third-order valence-electron chi connectivity index (χ3n) is 0.135. The van der Waals surface area contributed by atoms with Crippen molar-refractivity contribution in [2.45, 2.75) is 0 Å². The molecule has 3 nitrogen and oxygen atoms in total. The maximum atomic E-state index is 9.30. The molecule has 4 heteroatoms. The van der Waals surface area contributed by atoms with Crippen molar-refractivity contribution in [2.75, 3.05) is 6.35 Å². The fourth-order valence-corrected chi connectivity index (χ4v) is 0. The van der Waals surface area contributed by atoms with Crippen molar-refractivity contribution in [3.63, 3.8) is 0 Å². The Kier molecular flexibility index (Phi) is 2.46. The van der Waals surface area contributed by atoms with E-state index in [1.807, 2.05) is 0 Å². The maximum Gasteiger partial charge on any atom is 0.213 e. The lowest BCUT2D eigenvalue weighted by molar-refractivity contribution is 0.343. The van der Waals surface area contributed by atoms with Crippen molar-refractivity contribution in [1.29, 1.82) is 0 Å². The van der Waals surface area contributed by atoms with Crippen LogP contribution in [-0.4, -0.2) is 16.3 Å². The van der Waals surface area contributed by atoms with E-state index in [0.29, 0.717) is 0 Å². The Balaban J connectivity index is 2.85. The minimum Gasteiger partial charge on any atom is -0.387 e. The molecule has 5 heavy (non-hydrogen) atoms. The summed E-state index contributed by atoms with van der Waals surface area (Å²) in [6.07, 6.45) is -0.593. The quantitative estimate of drug-likeness (QED) is 0.428. The van der Waals surface area contributed by atoms with E-state index in [-0.39, 0.29) is 0 Å². The van der Waals surface area contributed by atoms with E-state index in [1.165, 1.54) is 0 Å². The highest BCUT2D eigenvalue weighted by atomic mass is 31.1. The average Bonchev–Trinajstić information content (AvgIpc) is 1.38. The largest absolute Gasteiger partial charge is 0.387 e. The van der Waals surface area contributed by atoms with Crippen LogP contribution in [-0.2, 0) is 4.57 Å². The summed E-state index contributed by atoms with van der Waals surface area (Å²) >= 11 is 0. The van der Waals surface area contributed by atoms with Gasteiger partial charge < -0.3 is 10.00 Å². The minimum atomic E-state index is -2.57. The van der Waals surface area contributed by atoms with Gasteiger partial charge in [0.1, 0.15) is 6.35 Å². The summed E-state index contributed by atoms with van der Waals surface area (Å²) in [6.45, 7) is 0. The normalized spacial score (nSPS) is 14.8. The number of hydrogen-bond acceptors (Lipinski definition) is 2. The molecule has 1 atom stereocenters. The molecule has 0 aromatic rings. The van der Waals surface area contributed by atoms with Gasteiger partial charge in [-0.05, 0) is 0 Å². The van der Waals surface area contributed by atoms with Crippen LogP contribution in [0.3, 0.4) is 0 Å². The van der Waals surface area contributed by atoms with E-state index in [1.54, 1.807) is 0 Å². The lowest BCUT2D eigenvalue weighted by Gasteiger charge is -1.74. The standard InChI is InChI=1S/CH5O3P/c2-1-5(3)4/h2,5H,1H2,(H,3,4). The van der Waals surface area contributed by atoms with Gasteiger partial charge in [-0.3, -0.25) is 4.57 Å². The molecule has 0 fully saturated rings. The van der Waals surface area contributed by atoms with Crippen molar-refractivity contribution in [3.8, 4) is 0 Å². The first-order valence-electron chi connectivity index (χ1n) is 1.10. The van der Waals surface area contributed by atoms with Crippen molar-refractivity contribution in [3.05, 3.63) is 0 Å². The fourth-order valence-electron chi connectivity index (χ4n) is 0. The van der Waals surface area contributed by atoms with Crippen LogP contribution in [0.25, 0.3) is 0 Å². The van der Waals surface area contributed by atoms with Crippen LogP contribution in [0.5, 0.6) is 0 Å². The highest BCUT2D eigenvalue weighted by Gasteiger charge is 1.77. The number of aliphatic hydroxyl groups is 1. The average molecular weight is 96.0 g/mol. The van der Waals surface area contributed by atoms with Gasteiger partial charge >= 0.3 is 0 Å². The SMILES string of the molecule is O=[PH](O)CO. The van der Waals surface area contributed by atoms with Crippen molar-refractivity contribution < 1.29 is 14.6 Å². The molecule has 0 saturated carbocycles. The zero-order valence-electron chi connectivity index (χ0n) is 2.51. The highest BCUT2D eigenvalue weighted by Crippen LogP contribution is 2.06. The zero-order valence-corrected chi connectivity index (χ0v) is 3.51. The molecule has 0 aromatic heterocycles. The summed E-state index contributed by atoms with van der Waals surface area (Å²) in [6, 6.07) is 0. The first kappa shape index (κ1) is 5.15. The van der Waals surface area contributed by atoms with E-state index in [0.717, 1.165) is 0 Å². The second-order valence-electron chi connectivity index (χ2n) is 0.552. The Labute approximate surface area is 30.1 Å². The minimum absolute atomic E-state index is 0.593.